The summed E-state index contributed by atoms with van der Waals surface area (Å²) in [5.74, 6) is 0.507. The molecule has 0 spiro atoms. The van der Waals surface area contributed by atoms with E-state index in [-0.39, 0.29) is 19.2 Å². The Morgan fingerprint density at radius 1 is 1.60 bits per heavy atom. The van der Waals surface area contributed by atoms with Crippen LogP contribution in [-0.2, 0) is 0 Å². The number of carbonyl (C=O) groups is 1. The first-order chi connectivity index (χ1) is 7.24. The lowest BCUT2D eigenvalue weighted by molar-refractivity contribution is 0.215. The molecule has 4 nitrogen and oxygen atoms in total. The van der Waals surface area contributed by atoms with Gasteiger partial charge in [-0.25, -0.2) is 4.79 Å². The van der Waals surface area contributed by atoms with Gasteiger partial charge in [-0.15, -0.1) is 0 Å². The number of aliphatic hydroxyl groups excluding tert-OH is 1. The summed E-state index contributed by atoms with van der Waals surface area (Å²) in [6.07, 6.45) is 7.54. The van der Waals surface area contributed by atoms with E-state index in [1.165, 1.54) is 4.31 Å². The number of thiol groups is 1. The first-order valence-corrected chi connectivity index (χ1v) is 5.64. The molecule has 1 unspecified atom stereocenters. The molecule has 0 radical (unpaired) electrons. The van der Waals surface area contributed by atoms with Crippen molar-refractivity contribution in [3.63, 3.8) is 0 Å². The van der Waals surface area contributed by atoms with E-state index in [2.05, 4.69) is 30.3 Å². The molecule has 0 fully saturated rings. The number of rotatable bonds is 4. The van der Waals surface area contributed by atoms with Gasteiger partial charge in [-0.2, -0.15) is 0 Å². The van der Waals surface area contributed by atoms with Crippen LogP contribution in [0.15, 0.2) is 12.2 Å². The zero-order valence-electron chi connectivity index (χ0n) is 8.72. The number of carbonyl (C=O) groups excluding carboxylic acids is 1. The molecule has 0 aromatic heterocycles. The van der Waals surface area contributed by atoms with Crippen molar-refractivity contribution in [3.8, 4) is 0 Å². The molecule has 1 rings (SSSR count). The van der Waals surface area contributed by atoms with Crippen LogP contribution in [0, 0.1) is 5.92 Å². The van der Waals surface area contributed by atoms with E-state index in [0.29, 0.717) is 12.5 Å². The molecule has 0 bridgehead atoms. The lowest BCUT2D eigenvalue weighted by Gasteiger charge is -2.23. The fraction of sp³-hybridized carbons (Fsp3) is 0.700. The van der Waals surface area contributed by atoms with Gasteiger partial charge in [-0.05, 0) is 25.2 Å². The maximum atomic E-state index is 11.4. The smallest absolute Gasteiger partial charge is 0.327 e. The highest BCUT2D eigenvalue weighted by Crippen LogP contribution is 2.19. The number of aliphatic hydroxyl groups is 1. The average molecular weight is 230 g/mol. The summed E-state index contributed by atoms with van der Waals surface area (Å²) in [5.41, 5.74) is 0. The molecular formula is C10H18N2O2S. The third-order valence-corrected chi connectivity index (χ3v) is 2.78. The van der Waals surface area contributed by atoms with Gasteiger partial charge in [0, 0.05) is 13.1 Å². The van der Waals surface area contributed by atoms with Crippen LogP contribution in [0.1, 0.15) is 19.3 Å². The molecule has 1 atom stereocenters. The van der Waals surface area contributed by atoms with Crippen LogP contribution in [0.3, 0.4) is 0 Å². The van der Waals surface area contributed by atoms with E-state index in [0.717, 1.165) is 19.3 Å². The SMILES string of the molecule is O=C(NCCO)N(S)CC1CC=CCC1. The number of hydrogen-bond donors (Lipinski definition) is 3. The quantitative estimate of drug-likeness (QED) is 0.502. The fourth-order valence-corrected chi connectivity index (χ4v) is 1.91. The van der Waals surface area contributed by atoms with Crippen molar-refractivity contribution in [2.75, 3.05) is 19.7 Å². The summed E-state index contributed by atoms with van der Waals surface area (Å²) >= 11 is 4.12. The molecule has 15 heavy (non-hydrogen) atoms. The number of amides is 2. The molecule has 1 aliphatic carbocycles. The van der Waals surface area contributed by atoms with Gasteiger partial charge in [-0.1, -0.05) is 25.0 Å². The summed E-state index contributed by atoms with van der Waals surface area (Å²) in [6.45, 7) is 0.894. The second-order valence-electron chi connectivity index (χ2n) is 3.69. The fourth-order valence-electron chi connectivity index (χ4n) is 1.60. The molecule has 0 aromatic rings. The van der Waals surface area contributed by atoms with E-state index in [1.807, 2.05) is 0 Å². The molecule has 0 aliphatic heterocycles. The van der Waals surface area contributed by atoms with Crippen molar-refractivity contribution in [1.82, 2.24) is 9.62 Å². The molecule has 2 N–H and O–H groups in total. The first-order valence-electron chi connectivity index (χ1n) is 5.24. The highest BCUT2D eigenvalue weighted by molar-refractivity contribution is 7.78. The lowest BCUT2D eigenvalue weighted by atomic mass is 9.94. The highest BCUT2D eigenvalue weighted by Gasteiger charge is 2.16. The van der Waals surface area contributed by atoms with E-state index in [9.17, 15) is 4.79 Å². The Hall–Kier alpha value is -0.680. The Morgan fingerprint density at radius 2 is 2.40 bits per heavy atom. The Labute approximate surface area is 95.9 Å². The molecule has 2 amide bonds. The van der Waals surface area contributed by atoms with Crippen LogP contribution in [0.2, 0.25) is 0 Å². The van der Waals surface area contributed by atoms with Crippen molar-refractivity contribution in [3.05, 3.63) is 12.2 Å². The van der Waals surface area contributed by atoms with Gasteiger partial charge in [0.1, 0.15) is 0 Å². The van der Waals surface area contributed by atoms with Crippen molar-refractivity contribution in [1.29, 1.82) is 0 Å². The monoisotopic (exact) mass is 230 g/mol. The first kappa shape index (κ1) is 12.4. The second-order valence-corrected chi connectivity index (χ2v) is 4.17. The molecule has 5 heteroatoms. The molecule has 0 saturated carbocycles. The number of nitrogens with one attached hydrogen (secondary N) is 1. The molecule has 86 valence electrons. The highest BCUT2D eigenvalue weighted by atomic mass is 32.1. The van der Waals surface area contributed by atoms with Crippen LogP contribution >= 0.6 is 12.8 Å². The van der Waals surface area contributed by atoms with Gasteiger partial charge >= 0.3 is 6.03 Å². The topological polar surface area (TPSA) is 52.6 Å². The summed E-state index contributed by atoms with van der Waals surface area (Å²) in [6, 6.07) is -0.234. The Balaban J connectivity index is 2.24. The predicted octanol–water partition coefficient (Wildman–Crippen LogP) is 1.19. The van der Waals surface area contributed by atoms with Gasteiger partial charge in [-0.3, -0.25) is 4.31 Å². The van der Waals surface area contributed by atoms with Crippen molar-refractivity contribution >= 4 is 18.8 Å². The third kappa shape index (κ3) is 4.57. The minimum Gasteiger partial charge on any atom is -0.395 e. The van der Waals surface area contributed by atoms with E-state index in [4.69, 9.17) is 5.11 Å². The van der Waals surface area contributed by atoms with Crippen molar-refractivity contribution in [2.45, 2.75) is 19.3 Å². The molecule has 0 saturated heterocycles. The van der Waals surface area contributed by atoms with Gasteiger partial charge < -0.3 is 10.4 Å². The molecule has 0 aromatic carbocycles. The standard InChI is InChI=1S/C10H18N2O2S/c13-7-6-11-10(14)12(15)8-9-4-2-1-3-5-9/h1-2,9,13,15H,3-8H2,(H,11,14). The Kier molecular flexibility index (Phi) is 5.57. The van der Waals surface area contributed by atoms with Gasteiger partial charge in [0.15, 0.2) is 0 Å². The van der Waals surface area contributed by atoms with Crippen LogP contribution in [0.4, 0.5) is 4.79 Å². The zero-order chi connectivity index (χ0) is 11.1. The Bertz CT molecular complexity index is 233. The molecule has 1 aliphatic rings. The maximum Gasteiger partial charge on any atom is 0.327 e. The predicted molar refractivity (Wildman–Crippen MR) is 62.7 cm³/mol. The number of urea groups is 1. The molecule has 0 heterocycles. The summed E-state index contributed by atoms with van der Waals surface area (Å²) in [4.78, 5) is 11.4. The summed E-state index contributed by atoms with van der Waals surface area (Å²) in [5, 5.41) is 11.1. The van der Waals surface area contributed by atoms with Crippen LogP contribution in [0.25, 0.3) is 0 Å². The van der Waals surface area contributed by atoms with Crippen LogP contribution in [-0.4, -0.2) is 35.1 Å². The third-order valence-electron chi connectivity index (χ3n) is 2.43. The maximum absolute atomic E-state index is 11.4. The lowest BCUT2D eigenvalue weighted by Crippen LogP contribution is -2.38. The Morgan fingerprint density at radius 3 is 3.00 bits per heavy atom. The second kappa shape index (κ2) is 6.74. The number of allylic oxidation sites excluding steroid dienone is 2. The largest absolute Gasteiger partial charge is 0.395 e. The van der Waals surface area contributed by atoms with E-state index < -0.39 is 0 Å². The van der Waals surface area contributed by atoms with Crippen molar-refractivity contribution < 1.29 is 9.90 Å². The minimum atomic E-state index is -0.234. The zero-order valence-corrected chi connectivity index (χ0v) is 9.62. The van der Waals surface area contributed by atoms with Gasteiger partial charge in [0.05, 0.1) is 6.61 Å². The minimum absolute atomic E-state index is 0.0421. The summed E-state index contributed by atoms with van der Waals surface area (Å²) in [7, 11) is 0. The number of hydrogen-bond acceptors (Lipinski definition) is 3. The van der Waals surface area contributed by atoms with E-state index >= 15 is 0 Å². The van der Waals surface area contributed by atoms with Gasteiger partial charge in [0.25, 0.3) is 0 Å². The van der Waals surface area contributed by atoms with Crippen LogP contribution in [0.5, 0.6) is 0 Å². The molecular weight excluding hydrogens is 212 g/mol. The van der Waals surface area contributed by atoms with E-state index in [1.54, 1.807) is 0 Å². The van der Waals surface area contributed by atoms with Gasteiger partial charge in [0.2, 0.25) is 0 Å². The normalized spacial score (nSPS) is 20.0. The summed E-state index contributed by atoms with van der Waals surface area (Å²) < 4.78 is 1.39. The number of nitrogens with zero attached hydrogens (tertiary/aromatic N) is 1. The average Bonchev–Trinajstić information content (AvgIpc) is 2.27. The van der Waals surface area contributed by atoms with Crippen LogP contribution < -0.4 is 5.32 Å². The van der Waals surface area contributed by atoms with Crippen molar-refractivity contribution in [2.24, 2.45) is 5.92 Å².